The zero-order valence-corrected chi connectivity index (χ0v) is 15.4. The molecule has 2 aromatic carbocycles. The summed E-state index contributed by atoms with van der Waals surface area (Å²) < 4.78 is 10.5. The van der Waals surface area contributed by atoms with Crippen LogP contribution < -0.4 is 20.1 Å². The second-order valence-electron chi connectivity index (χ2n) is 5.42. The highest BCUT2D eigenvalue weighted by atomic mass is 35.5. The summed E-state index contributed by atoms with van der Waals surface area (Å²) in [6.45, 7) is 0. The molecule has 0 saturated heterocycles. The van der Waals surface area contributed by atoms with Crippen LogP contribution in [0.25, 0.3) is 0 Å². The second kappa shape index (κ2) is 8.37. The SMILES string of the molecule is COc1ccc(Nc2cnc(C(=O)Nc3ccccc3Cl)cn2)cc1OC. The molecule has 0 unspecified atom stereocenters. The van der Waals surface area contributed by atoms with Crippen molar-refractivity contribution in [3.8, 4) is 11.5 Å². The van der Waals surface area contributed by atoms with Crippen molar-refractivity contribution in [3.63, 3.8) is 0 Å². The number of para-hydroxylation sites is 1. The van der Waals surface area contributed by atoms with Gasteiger partial charge in [-0.25, -0.2) is 9.97 Å². The van der Waals surface area contributed by atoms with Gasteiger partial charge in [-0.3, -0.25) is 4.79 Å². The summed E-state index contributed by atoms with van der Waals surface area (Å²) in [4.78, 5) is 20.6. The number of ether oxygens (including phenoxy) is 2. The van der Waals surface area contributed by atoms with Gasteiger partial charge in [-0.2, -0.15) is 0 Å². The van der Waals surface area contributed by atoms with Gasteiger partial charge in [0.15, 0.2) is 11.5 Å². The number of rotatable bonds is 6. The molecular weight excluding hydrogens is 368 g/mol. The smallest absolute Gasteiger partial charge is 0.275 e. The third kappa shape index (κ3) is 4.45. The maximum atomic E-state index is 12.3. The minimum atomic E-state index is -0.395. The fourth-order valence-electron chi connectivity index (χ4n) is 2.32. The van der Waals surface area contributed by atoms with Gasteiger partial charge >= 0.3 is 0 Å². The lowest BCUT2D eigenvalue weighted by atomic mass is 10.2. The number of hydrogen-bond donors (Lipinski definition) is 2. The summed E-state index contributed by atoms with van der Waals surface area (Å²) in [5, 5.41) is 6.24. The third-order valence-electron chi connectivity index (χ3n) is 3.66. The number of carbonyl (C=O) groups excluding carboxylic acids is 1. The molecule has 7 nitrogen and oxygen atoms in total. The van der Waals surface area contributed by atoms with Gasteiger partial charge < -0.3 is 20.1 Å². The fourth-order valence-corrected chi connectivity index (χ4v) is 2.50. The average molecular weight is 385 g/mol. The zero-order valence-electron chi connectivity index (χ0n) is 14.7. The number of halogens is 1. The number of aromatic nitrogens is 2. The van der Waals surface area contributed by atoms with E-state index in [9.17, 15) is 4.79 Å². The molecule has 0 spiro atoms. The first-order valence-corrected chi connectivity index (χ1v) is 8.35. The van der Waals surface area contributed by atoms with Crippen LogP contribution in [-0.2, 0) is 0 Å². The maximum absolute atomic E-state index is 12.3. The maximum Gasteiger partial charge on any atom is 0.275 e. The Morgan fingerprint density at radius 3 is 2.44 bits per heavy atom. The van der Waals surface area contributed by atoms with Gasteiger partial charge in [0.2, 0.25) is 0 Å². The lowest BCUT2D eigenvalue weighted by molar-refractivity contribution is 0.102. The molecule has 1 aromatic heterocycles. The first-order chi connectivity index (χ1) is 13.1. The van der Waals surface area contributed by atoms with Crippen LogP contribution >= 0.6 is 11.6 Å². The number of nitrogens with zero attached hydrogens (tertiary/aromatic N) is 2. The van der Waals surface area contributed by atoms with Crippen LogP contribution in [0.2, 0.25) is 5.02 Å². The molecule has 1 amide bonds. The summed E-state index contributed by atoms with van der Waals surface area (Å²) in [6, 6.07) is 12.3. The Hall–Kier alpha value is -3.32. The zero-order chi connectivity index (χ0) is 19.2. The topological polar surface area (TPSA) is 85.4 Å². The Labute approximate surface area is 161 Å². The number of anilines is 3. The summed E-state index contributed by atoms with van der Waals surface area (Å²) in [6.07, 6.45) is 2.85. The number of benzene rings is 2. The van der Waals surface area contributed by atoms with E-state index in [1.807, 2.05) is 6.07 Å². The summed E-state index contributed by atoms with van der Waals surface area (Å²) in [5.74, 6) is 1.30. The van der Waals surface area contributed by atoms with Crippen LogP contribution in [0.3, 0.4) is 0 Å². The molecule has 3 aromatic rings. The molecule has 2 N–H and O–H groups in total. The Bertz CT molecular complexity index is 948. The normalized spacial score (nSPS) is 10.2. The molecule has 0 fully saturated rings. The molecule has 138 valence electrons. The fraction of sp³-hybridized carbons (Fsp3) is 0.105. The predicted molar refractivity (Wildman–Crippen MR) is 104 cm³/mol. The first kappa shape index (κ1) is 18.5. The van der Waals surface area contributed by atoms with E-state index < -0.39 is 5.91 Å². The minimum Gasteiger partial charge on any atom is -0.493 e. The standard InChI is InChI=1S/C19H17ClN4O3/c1-26-16-8-7-12(9-17(16)27-2)23-18-11-21-15(10-22-18)19(25)24-14-6-4-3-5-13(14)20/h3-11H,1-2H3,(H,22,23)(H,24,25). The van der Waals surface area contributed by atoms with E-state index in [0.717, 1.165) is 5.69 Å². The second-order valence-corrected chi connectivity index (χ2v) is 5.82. The van der Waals surface area contributed by atoms with E-state index in [2.05, 4.69) is 20.6 Å². The molecule has 3 rings (SSSR count). The first-order valence-electron chi connectivity index (χ1n) is 7.97. The van der Waals surface area contributed by atoms with E-state index in [1.165, 1.54) is 12.4 Å². The van der Waals surface area contributed by atoms with Crippen LogP contribution in [0.15, 0.2) is 54.9 Å². The average Bonchev–Trinajstić information content (AvgIpc) is 2.70. The van der Waals surface area contributed by atoms with Crippen LogP contribution in [0.4, 0.5) is 17.2 Å². The number of amides is 1. The van der Waals surface area contributed by atoms with E-state index in [1.54, 1.807) is 50.6 Å². The van der Waals surface area contributed by atoms with Gasteiger partial charge in [0.25, 0.3) is 5.91 Å². The largest absolute Gasteiger partial charge is 0.493 e. The van der Waals surface area contributed by atoms with Gasteiger partial charge in [0.05, 0.1) is 37.3 Å². The van der Waals surface area contributed by atoms with Crippen molar-refractivity contribution in [1.29, 1.82) is 0 Å². The summed E-state index contributed by atoms with van der Waals surface area (Å²) >= 11 is 6.04. The molecule has 27 heavy (non-hydrogen) atoms. The molecule has 0 aliphatic carbocycles. The highest BCUT2D eigenvalue weighted by Crippen LogP contribution is 2.30. The van der Waals surface area contributed by atoms with E-state index in [-0.39, 0.29) is 5.69 Å². The third-order valence-corrected chi connectivity index (χ3v) is 3.99. The van der Waals surface area contributed by atoms with Crippen molar-refractivity contribution in [1.82, 2.24) is 9.97 Å². The Balaban J connectivity index is 1.70. The van der Waals surface area contributed by atoms with Crippen molar-refractivity contribution in [2.45, 2.75) is 0 Å². The van der Waals surface area contributed by atoms with Crippen LogP contribution in [0.5, 0.6) is 11.5 Å². The van der Waals surface area contributed by atoms with Gasteiger partial charge in [-0.1, -0.05) is 23.7 Å². The number of carbonyl (C=O) groups is 1. The van der Waals surface area contributed by atoms with Crippen molar-refractivity contribution >= 4 is 34.7 Å². The molecule has 0 aliphatic rings. The minimum absolute atomic E-state index is 0.174. The quantitative estimate of drug-likeness (QED) is 0.664. The molecule has 8 heteroatoms. The highest BCUT2D eigenvalue weighted by Gasteiger charge is 2.11. The van der Waals surface area contributed by atoms with Crippen LogP contribution in [0, 0.1) is 0 Å². The van der Waals surface area contributed by atoms with Crippen molar-refractivity contribution in [2.75, 3.05) is 24.9 Å². The van der Waals surface area contributed by atoms with Crippen LogP contribution in [0.1, 0.15) is 10.5 Å². The Kier molecular flexibility index (Phi) is 5.73. The van der Waals surface area contributed by atoms with Crippen molar-refractivity contribution < 1.29 is 14.3 Å². The highest BCUT2D eigenvalue weighted by molar-refractivity contribution is 6.33. The van der Waals surface area contributed by atoms with E-state index >= 15 is 0 Å². The number of hydrogen-bond acceptors (Lipinski definition) is 6. The lowest BCUT2D eigenvalue weighted by Gasteiger charge is -2.11. The number of nitrogens with one attached hydrogen (secondary N) is 2. The van der Waals surface area contributed by atoms with Gasteiger partial charge in [-0.05, 0) is 24.3 Å². The predicted octanol–water partition coefficient (Wildman–Crippen LogP) is 4.14. The molecule has 0 bridgehead atoms. The van der Waals surface area contributed by atoms with Crippen molar-refractivity contribution in [2.24, 2.45) is 0 Å². The molecular formula is C19H17ClN4O3. The van der Waals surface area contributed by atoms with Gasteiger partial charge in [-0.15, -0.1) is 0 Å². The Morgan fingerprint density at radius 1 is 1.00 bits per heavy atom. The summed E-state index contributed by atoms with van der Waals surface area (Å²) in [7, 11) is 3.14. The number of methoxy groups -OCH3 is 2. The Morgan fingerprint density at radius 2 is 1.78 bits per heavy atom. The van der Waals surface area contributed by atoms with E-state index in [0.29, 0.717) is 28.0 Å². The molecule has 0 saturated carbocycles. The molecule has 0 radical (unpaired) electrons. The molecule has 0 aliphatic heterocycles. The molecule has 0 atom stereocenters. The summed E-state index contributed by atoms with van der Waals surface area (Å²) in [5.41, 5.74) is 1.43. The van der Waals surface area contributed by atoms with Gasteiger partial charge in [0.1, 0.15) is 11.5 Å². The molecule has 1 heterocycles. The van der Waals surface area contributed by atoms with Gasteiger partial charge in [0, 0.05) is 11.8 Å². The lowest BCUT2D eigenvalue weighted by Crippen LogP contribution is -2.14. The van der Waals surface area contributed by atoms with E-state index in [4.69, 9.17) is 21.1 Å². The van der Waals surface area contributed by atoms with Crippen molar-refractivity contribution in [3.05, 3.63) is 65.6 Å². The monoisotopic (exact) mass is 384 g/mol. The van der Waals surface area contributed by atoms with Crippen LogP contribution in [-0.4, -0.2) is 30.1 Å².